The van der Waals surface area contributed by atoms with Gasteiger partial charge in [-0.1, -0.05) is 18.2 Å². The van der Waals surface area contributed by atoms with Crippen molar-refractivity contribution < 1.29 is 19.7 Å². The van der Waals surface area contributed by atoms with Gasteiger partial charge in [0.05, 0.1) is 6.61 Å². The Kier molecular flexibility index (Phi) is 2.60. The molecule has 0 saturated carbocycles. The Morgan fingerprint density at radius 3 is 2.93 bits per heavy atom. The molecule has 2 unspecified atom stereocenters. The van der Waals surface area contributed by atoms with E-state index in [0.29, 0.717) is 18.8 Å². The Labute approximate surface area is 87.1 Å². The standard InChI is InChI=1S/C11H12O4/c12-10(11(13)14)8-5-6-15-9-4-2-1-3-7(8)9/h1-4,8,10,12H,5-6H2,(H,13,14). The number of carbonyl (C=O) groups is 1. The largest absolute Gasteiger partial charge is 0.493 e. The first-order chi connectivity index (χ1) is 7.20. The molecule has 1 aliphatic heterocycles. The van der Waals surface area contributed by atoms with Crippen molar-refractivity contribution in [1.82, 2.24) is 0 Å². The topological polar surface area (TPSA) is 66.8 Å². The molecule has 0 amide bonds. The first-order valence-corrected chi connectivity index (χ1v) is 4.83. The molecule has 0 bridgehead atoms. The van der Waals surface area contributed by atoms with E-state index in [1.807, 2.05) is 12.1 Å². The number of ether oxygens (including phenoxy) is 1. The lowest BCUT2D eigenvalue weighted by Gasteiger charge is -2.27. The molecule has 2 atom stereocenters. The second-order valence-corrected chi connectivity index (χ2v) is 3.56. The zero-order valence-electron chi connectivity index (χ0n) is 8.09. The molecular formula is C11H12O4. The molecule has 0 radical (unpaired) electrons. The third-order valence-electron chi connectivity index (χ3n) is 2.64. The highest BCUT2D eigenvalue weighted by molar-refractivity contribution is 5.73. The van der Waals surface area contributed by atoms with E-state index in [1.165, 1.54) is 0 Å². The fourth-order valence-corrected chi connectivity index (χ4v) is 1.87. The molecular weight excluding hydrogens is 196 g/mol. The fourth-order valence-electron chi connectivity index (χ4n) is 1.87. The van der Waals surface area contributed by atoms with Gasteiger partial charge in [0, 0.05) is 11.5 Å². The number of carboxylic acid groups (broad SMARTS) is 1. The van der Waals surface area contributed by atoms with Crippen molar-refractivity contribution in [1.29, 1.82) is 0 Å². The van der Waals surface area contributed by atoms with Crippen LogP contribution >= 0.6 is 0 Å². The number of rotatable bonds is 2. The maximum Gasteiger partial charge on any atom is 0.333 e. The van der Waals surface area contributed by atoms with Crippen molar-refractivity contribution in [2.45, 2.75) is 18.4 Å². The van der Waals surface area contributed by atoms with Crippen LogP contribution in [0.3, 0.4) is 0 Å². The fraction of sp³-hybridized carbons (Fsp3) is 0.364. The number of aliphatic hydroxyl groups is 1. The Morgan fingerprint density at radius 2 is 2.20 bits per heavy atom. The molecule has 2 N–H and O–H groups in total. The summed E-state index contributed by atoms with van der Waals surface area (Å²) in [6.45, 7) is 0.450. The third-order valence-corrected chi connectivity index (χ3v) is 2.64. The summed E-state index contributed by atoms with van der Waals surface area (Å²) in [5, 5.41) is 18.3. The molecule has 0 fully saturated rings. The van der Waals surface area contributed by atoms with Gasteiger partial charge in [0.15, 0.2) is 6.10 Å². The predicted molar refractivity (Wildman–Crippen MR) is 52.9 cm³/mol. The van der Waals surface area contributed by atoms with E-state index >= 15 is 0 Å². The van der Waals surface area contributed by atoms with Crippen molar-refractivity contribution in [3.63, 3.8) is 0 Å². The Bertz CT molecular complexity index is 375. The summed E-state index contributed by atoms with van der Waals surface area (Å²) in [6, 6.07) is 7.23. The normalized spacial score (nSPS) is 21.3. The minimum Gasteiger partial charge on any atom is -0.493 e. The number of aliphatic hydroxyl groups excluding tert-OH is 1. The first-order valence-electron chi connectivity index (χ1n) is 4.83. The molecule has 1 aromatic rings. The first kappa shape index (κ1) is 9.98. The van der Waals surface area contributed by atoms with Crippen LogP contribution in [0.25, 0.3) is 0 Å². The third kappa shape index (κ3) is 1.80. The molecule has 2 rings (SSSR count). The molecule has 0 aromatic heterocycles. The second kappa shape index (κ2) is 3.90. The minimum absolute atomic E-state index is 0.368. The van der Waals surface area contributed by atoms with Crippen LogP contribution in [0, 0.1) is 0 Å². The molecule has 0 saturated heterocycles. The van der Waals surface area contributed by atoms with Crippen molar-refractivity contribution in [2.24, 2.45) is 0 Å². The number of hydrogen-bond donors (Lipinski definition) is 2. The van der Waals surface area contributed by atoms with Gasteiger partial charge >= 0.3 is 5.97 Å². The molecule has 80 valence electrons. The number of para-hydroxylation sites is 1. The number of fused-ring (bicyclic) bond motifs is 1. The lowest BCUT2D eigenvalue weighted by molar-refractivity contribution is -0.148. The molecule has 1 heterocycles. The molecule has 1 aliphatic rings. The lowest BCUT2D eigenvalue weighted by atomic mass is 9.88. The molecule has 0 aliphatic carbocycles. The van der Waals surface area contributed by atoms with Gasteiger partial charge in [-0.2, -0.15) is 0 Å². The predicted octanol–water partition coefficient (Wildman–Crippen LogP) is 0.998. The van der Waals surface area contributed by atoms with Crippen LogP contribution in [0.15, 0.2) is 24.3 Å². The molecule has 1 aromatic carbocycles. The Hall–Kier alpha value is -1.55. The monoisotopic (exact) mass is 208 g/mol. The number of carboxylic acids is 1. The highest BCUT2D eigenvalue weighted by Crippen LogP contribution is 2.35. The molecule has 0 spiro atoms. The van der Waals surface area contributed by atoms with Gasteiger partial charge in [0.25, 0.3) is 0 Å². The van der Waals surface area contributed by atoms with Crippen LogP contribution in [0.2, 0.25) is 0 Å². The zero-order chi connectivity index (χ0) is 10.8. The summed E-state index contributed by atoms with van der Waals surface area (Å²) >= 11 is 0. The van der Waals surface area contributed by atoms with Gasteiger partial charge < -0.3 is 14.9 Å². The van der Waals surface area contributed by atoms with Crippen LogP contribution in [0.1, 0.15) is 17.9 Å². The summed E-state index contributed by atoms with van der Waals surface area (Å²) in [5.41, 5.74) is 0.777. The van der Waals surface area contributed by atoms with Crippen molar-refractivity contribution >= 4 is 5.97 Å². The number of benzene rings is 1. The summed E-state index contributed by atoms with van der Waals surface area (Å²) in [6.07, 6.45) is -0.820. The number of hydrogen-bond acceptors (Lipinski definition) is 3. The van der Waals surface area contributed by atoms with E-state index in [1.54, 1.807) is 12.1 Å². The summed E-state index contributed by atoms with van der Waals surface area (Å²) in [7, 11) is 0. The number of aliphatic carboxylic acids is 1. The maximum absolute atomic E-state index is 10.7. The molecule has 4 nitrogen and oxygen atoms in total. The van der Waals surface area contributed by atoms with Crippen LogP contribution in [-0.2, 0) is 4.79 Å². The van der Waals surface area contributed by atoms with Crippen molar-refractivity contribution in [3.05, 3.63) is 29.8 Å². The van der Waals surface area contributed by atoms with E-state index < -0.39 is 12.1 Å². The van der Waals surface area contributed by atoms with Crippen molar-refractivity contribution in [2.75, 3.05) is 6.61 Å². The van der Waals surface area contributed by atoms with Crippen LogP contribution in [0.4, 0.5) is 0 Å². The van der Waals surface area contributed by atoms with Gasteiger partial charge in [-0.05, 0) is 12.5 Å². The van der Waals surface area contributed by atoms with Gasteiger partial charge in [0.1, 0.15) is 5.75 Å². The van der Waals surface area contributed by atoms with Gasteiger partial charge in [-0.25, -0.2) is 4.79 Å². The average molecular weight is 208 g/mol. The average Bonchev–Trinajstić information content (AvgIpc) is 2.27. The van der Waals surface area contributed by atoms with E-state index in [-0.39, 0.29) is 5.92 Å². The van der Waals surface area contributed by atoms with Crippen LogP contribution in [-0.4, -0.2) is 28.9 Å². The van der Waals surface area contributed by atoms with E-state index in [0.717, 1.165) is 5.56 Å². The van der Waals surface area contributed by atoms with Crippen LogP contribution in [0.5, 0.6) is 5.75 Å². The van der Waals surface area contributed by atoms with Crippen molar-refractivity contribution in [3.8, 4) is 5.75 Å². The highest BCUT2D eigenvalue weighted by Gasteiger charge is 2.31. The van der Waals surface area contributed by atoms with E-state index in [4.69, 9.17) is 9.84 Å². The summed E-state index contributed by atoms with van der Waals surface area (Å²) < 4.78 is 5.38. The van der Waals surface area contributed by atoms with Gasteiger partial charge in [-0.3, -0.25) is 0 Å². The SMILES string of the molecule is O=C(O)C(O)C1CCOc2ccccc21. The van der Waals surface area contributed by atoms with Gasteiger partial charge in [-0.15, -0.1) is 0 Å². The lowest BCUT2D eigenvalue weighted by Crippen LogP contribution is -2.31. The second-order valence-electron chi connectivity index (χ2n) is 3.56. The maximum atomic E-state index is 10.7. The smallest absolute Gasteiger partial charge is 0.333 e. The molecule has 4 heteroatoms. The van der Waals surface area contributed by atoms with E-state index in [9.17, 15) is 9.90 Å². The Morgan fingerprint density at radius 1 is 1.47 bits per heavy atom. The Balaban J connectivity index is 2.33. The minimum atomic E-state index is -1.35. The van der Waals surface area contributed by atoms with E-state index in [2.05, 4.69) is 0 Å². The zero-order valence-corrected chi connectivity index (χ0v) is 8.09. The van der Waals surface area contributed by atoms with Crippen LogP contribution < -0.4 is 4.74 Å². The quantitative estimate of drug-likeness (QED) is 0.760. The summed E-state index contributed by atoms with van der Waals surface area (Å²) in [5.74, 6) is -0.877. The molecule has 15 heavy (non-hydrogen) atoms. The highest BCUT2D eigenvalue weighted by atomic mass is 16.5. The summed E-state index contributed by atoms with van der Waals surface area (Å²) in [4.78, 5) is 10.7. The van der Waals surface area contributed by atoms with Gasteiger partial charge in [0.2, 0.25) is 0 Å².